The molecule has 3 atom stereocenters. The molecule has 94 valence electrons. The first-order valence-corrected chi connectivity index (χ1v) is 6.55. The fourth-order valence-corrected chi connectivity index (χ4v) is 2.79. The molecule has 2 nitrogen and oxygen atoms in total. The quantitative estimate of drug-likeness (QED) is 0.843. The third kappa shape index (κ3) is 3.30. The number of benzene rings is 1. The van der Waals surface area contributed by atoms with Gasteiger partial charge in [-0.1, -0.05) is 31.2 Å². The van der Waals surface area contributed by atoms with Gasteiger partial charge in [-0.05, 0) is 48.6 Å². The van der Waals surface area contributed by atoms with Gasteiger partial charge in [0.05, 0.1) is 12.7 Å². The second kappa shape index (κ2) is 5.65. The van der Waals surface area contributed by atoms with E-state index in [-0.39, 0.29) is 12.7 Å². The van der Waals surface area contributed by atoms with Crippen LogP contribution in [0.2, 0.25) is 0 Å². The highest BCUT2D eigenvalue weighted by molar-refractivity contribution is 5.22. The van der Waals surface area contributed by atoms with Crippen molar-refractivity contribution in [3.8, 4) is 0 Å². The molecule has 0 aliphatic heterocycles. The first-order valence-electron chi connectivity index (χ1n) is 6.55. The van der Waals surface area contributed by atoms with Crippen molar-refractivity contribution in [1.29, 1.82) is 0 Å². The molecule has 0 amide bonds. The van der Waals surface area contributed by atoms with E-state index in [2.05, 4.69) is 19.1 Å². The molecule has 0 radical (unpaired) electrons. The predicted molar refractivity (Wildman–Crippen MR) is 68.6 cm³/mol. The number of aliphatic hydroxyl groups excluding tert-OH is 2. The number of hydrogen-bond donors (Lipinski definition) is 2. The Hall–Kier alpha value is -0.860. The monoisotopic (exact) mass is 234 g/mol. The van der Waals surface area contributed by atoms with Gasteiger partial charge in [-0.25, -0.2) is 0 Å². The van der Waals surface area contributed by atoms with Crippen LogP contribution in [-0.4, -0.2) is 16.3 Å². The van der Waals surface area contributed by atoms with Gasteiger partial charge in [-0.3, -0.25) is 0 Å². The zero-order valence-electron chi connectivity index (χ0n) is 10.5. The fourth-order valence-electron chi connectivity index (χ4n) is 2.79. The van der Waals surface area contributed by atoms with Crippen LogP contribution >= 0.6 is 0 Å². The molecule has 2 N–H and O–H groups in total. The Kier molecular flexibility index (Phi) is 4.19. The van der Waals surface area contributed by atoms with Crippen molar-refractivity contribution in [3.63, 3.8) is 0 Å². The van der Waals surface area contributed by atoms with E-state index in [0.717, 1.165) is 37.2 Å². The summed E-state index contributed by atoms with van der Waals surface area (Å²) in [6, 6.07) is 8.07. The zero-order valence-corrected chi connectivity index (χ0v) is 10.5. The van der Waals surface area contributed by atoms with Gasteiger partial charge in [0.25, 0.3) is 0 Å². The Morgan fingerprint density at radius 2 is 1.76 bits per heavy atom. The van der Waals surface area contributed by atoms with Crippen molar-refractivity contribution in [2.24, 2.45) is 11.8 Å². The molecule has 1 aromatic carbocycles. The molecule has 0 bridgehead atoms. The minimum Gasteiger partial charge on any atom is -0.393 e. The highest BCUT2D eigenvalue weighted by Gasteiger charge is 2.26. The average molecular weight is 234 g/mol. The smallest absolute Gasteiger partial charge is 0.0681 e. The molecule has 0 heterocycles. The minimum absolute atomic E-state index is 0.101. The Balaban J connectivity index is 1.98. The van der Waals surface area contributed by atoms with Crippen molar-refractivity contribution in [2.45, 2.75) is 45.3 Å². The van der Waals surface area contributed by atoms with Crippen molar-refractivity contribution < 1.29 is 10.2 Å². The second-order valence-corrected chi connectivity index (χ2v) is 5.42. The lowest BCUT2D eigenvalue weighted by molar-refractivity contribution is 0.0519. The topological polar surface area (TPSA) is 40.5 Å². The maximum atomic E-state index is 10.0. The van der Waals surface area contributed by atoms with Crippen LogP contribution in [0.1, 0.15) is 37.3 Å². The van der Waals surface area contributed by atoms with Crippen molar-refractivity contribution in [1.82, 2.24) is 0 Å². The largest absolute Gasteiger partial charge is 0.393 e. The van der Waals surface area contributed by atoms with Crippen LogP contribution in [0.25, 0.3) is 0 Å². The summed E-state index contributed by atoms with van der Waals surface area (Å²) in [6.45, 7) is 2.37. The number of rotatable bonds is 3. The Labute approximate surface area is 103 Å². The average Bonchev–Trinajstić information content (AvgIpc) is 2.35. The fraction of sp³-hybridized carbons (Fsp3) is 0.600. The summed E-state index contributed by atoms with van der Waals surface area (Å²) in [5.41, 5.74) is 2.21. The third-order valence-electron chi connectivity index (χ3n) is 3.91. The van der Waals surface area contributed by atoms with Gasteiger partial charge >= 0.3 is 0 Å². The molecule has 2 rings (SSSR count). The van der Waals surface area contributed by atoms with Crippen LogP contribution in [-0.2, 0) is 13.0 Å². The SMILES string of the molecule is CC1CCC(O)C(Cc2ccc(CO)cc2)C1. The Morgan fingerprint density at radius 1 is 1.12 bits per heavy atom. The van der Waals surface area contributed by atoms with Gasteiger partial charge in [0.15, 0.2) is 0 Å². The van der Waals surface area contributed by atoms with Crippen molar-refractivity contribution in [2.75, 3.05) is 0 Å². The summed E-state index contributed by atoms with van der Waals surface area (Å²) in [6.07, 6.45) is 4.05. The molecule has 1 aromatic rings. The molecule has 1 fully saturated rings. The molecule has 0 spiro atoms. The van der Waals surface area contributed by atoms with E-state index in [1.165, 1.54) is 5.56 Å². The molecule has 17 heavy (non-hydrogen) atoms. The molecule has 1 aliphatic carbocycles. The van der Waals surface area contributed by atoms with Gasteiger partial charge in [-0.15, -0.1) is 0 Å². The molecule has 1 saturated carbocycles. The molecule has 3 unspecified atom stereocenters. The van der Waals surface area contributed by atoms with E-state index in [1.54, 1.807) is 0 Å². The van der Waals surface area contributed by atoms with E-state index in [4.69, 9.17) is 5.11 Å². The predicted octanol–water partition coefficient (Wildman–Crippen LogP) is 2.52. The van der Waals surface area contributed by atoms with Crippen LogP contribution in [0.3, 0.4) is 0 Å². The normalized spacial score (nSPS) is 29.2. The molecule has 2 heteroatoms. The Bertz CT molecular complexity index is 344. The Morgan fingerprint density at radius 3 is 2.41 bits per heavy atom. The van der Waals surface area contributed by atoms with E-state index in [1.807, 2.05) is 12.1 Å². The van der Waals surface area contributed by atoms with E-state index < -0.39 is 0 Å². The summed E-state index contributed by atoms with van der Waals surface area (Å²) < 4.78 is 0. The number of aliphatic hydroxyl groups is 2. The minimum atomic E-state index is -0.135. The second-order valence-electron chi connectivity index (χ2n) is 5.42. The molecular formula is C15H22O2. The van der Waals surface area contributed by atoms with Crippen molar-refractivity contribution in [3.05, 3.63) is 35.4 Å². The summed E-state index contributed by atoms with van der Waals surface area (Å²) in [5.74, 6) is 1.14. The maximum Gasteiger partial charge on any atom is 0.0681 e. The van der Waals surface area contributed by atoms with Crippen molar-refractivity contribution >= 4 is 0 Å². The zero-order chi connectivity index (χ0) is 12.3. The molecule has 0 aromatic heterocycles. The van der Waals surface area contributed by atoms with Gasteiger partial charge in [0.1, 0.15) is 0 Å². The van der Waals surface area contributed by atoms with Crippen LogP contribution in [0.5, 0.6) is 0 Å². The molecule has 1 aliphatic rings. The molecular weight excluding hydrogens is 212 g/mol. The summed E-state index contributed by atoms with van der Waals surface area (Å²) in [4.78, 5) is 0. The van der Waals surface area contributed by atoms with Crippen LogP contribution in [0.15, 0.2) is 24.3 Å². The van der Waals surface area contributed by atoms with E-state index in [9.17, 15) is 5.11 Å². The van der Waals surface area contributed by atoms with Crippen LogP contribution < -0.4 is 0 Å². The highest BCUT2D eigenvalue weighted by atomic mass is 16.3. The maximum absolute atomic E-state index is 10.0. The first-order chi connectivity index (χ1) is 8.19. The lowest BCUT2D eigenvalue weighted by atomic mass is 9.77. The van der Waals surface area contributed by atoms with Gasteiger partial charge in [0.2, 0.25) is 0 Å². The van der Waals surface area contributed by atoms with Gasteiger partial charge in [0, 0.05) is 0 Å². The lowest BCUT2D eigenvalue weighted by Gasteiger charge is -2.31. The van der Waals surface area contributed by atoms with Crippen LogP contribution in [0.4, 0.5) is 0 Å². The molecule has 0 saturated heterocycles. The van der Waals surface area contributed by atoms with E-state index >= 15 is 0 Å². The standard InChI is InChI=1S/C15H22O2/c1-11-2-7-15(17)14(8-11)9-12-3-5-13(10-16)6-4-12/h3-6,11,14-17H,2,7-10H2,1H3. The first kappa shape index (κ1) is 12.6. The van der Waals surface area contributed by atoms with Crippen LogP contribution in [0, 0.1) is 11.8 Å². The van der Waals surface area contributed by atoms with E-state index in [0.29, 0.717) is 5.92 Å². The lowest BCUT2D eigenvalue weighted by Crippen LogP contribution is -2.29. The third-order valence-corrected chi connectivity index (χ3v) is 3.91. The van der Waals surface area contributed by atoms with Gasteiger partial charge in [-0.2, -0.15) is 0 Å². The highest BCUT2D eigenvalue weighted by Crippen LogP contribution is 2.31. The summed E-state index contributed by atoms with van der Waals surface area (Å²) in [5, 5.41) is 19.0. The number of hydrogen-bond acceptors (Lipinski definition) is 2. The van der Waals surface area contributed by atoms with Gasteiger partial charge < -0.3 is 10.2 Å². The summed E-state index contributed by atoms with van der Waals surface area (Å²) in [7, 11) is 0. The summed E-state index contributed by atoms with van der Waals surface area (Å²) >= 11 is 0.